The van der Waals surface area contributed by atoms with Crippen molar-refractivity contribution in [1.82, 2.24) is 0 Å². The highest BCUT2D eigenvalue weighted by Gasteiger charge is 2.36. The summed E-state index contributed by atoms with van der Waals surface area (Å²) in [6, 6.07) is 13.9. The summed E-state index contributed by atoms with van der Waals surface area (Å²) in [7, 11) is 0. The Labute approximate surface area is 171 Å². The molecule has 6 heteroatoms. The lowest BCUT2D eigenvalue weighted by Crippen LogP contribution is -2.38. The number of hydrogen-bond donors (Lipinski definition) is 1. The lowest BCUT2D eigenvalue weighted by atomic mass is 10.1. The molecule has 2 aliphatic rings. The van der Waals surface area contributed by atoms with E-state index in [1.54, 1.807) is 4.90 Å². The molecule has 0 aliphatic carbocycles. The Morgan fingerprint density at radius 3 is 2.34 bits per heavy atom. The Bertz CT molecular complexity index is 901. The van der Waals surface area contributed by atoms with Gasteiger partial charge in [0.2, 0.25) is 11.8 Å². The second-order valence-corrected chi connectivity index (χ2v) is 7.75. The van der Waals surface area contributed by atoms with E-state index in [-0.39, 0.29) is 24.2 Å². The standard InChI is InChI=1S/C23H27N3O3/c1-16-6-5-7-17(2)22(16)24-23(28)18-14-21(27)26(15-18)20-9-4-3-8-19(20)25-10-12-29-13-11-25/h3-9,18H,10-15H2,1-2H3,(H,24,28). The Hall–Kier alpha value is -2.86. The van der Waals surface area contributed by atoms with Crippen molar-refractivity contribution in [3.8, 4) is 0 Å². The molecule has 2 aromatic carbocycles. The van der Waals surface area contributed by atoms with Crippen molar-refractivity contribution in [2.24, 2.45) is 5.92 Å². The van der Waals surface area contributed by atoms with Gasteiger partial charge in [0, 0.05) is 31.7 Å². The van der Waals surface area contributed by atoms with Gasteiger partial charge in [-0.1, -0.05) is 30.3 Å². The zero-order valence-electron chi connectivity index (χ0n) is 17.0. The molecule has 0 saturated carbocycles. The van der Waals surface area contributed by atoms with E-state index in [1.807, 2.05) is 56.3 Å². The largest absolute Gasteiger partial charge is 0.378 e. The number of morpholine rings is 1. The molecule has 2 aromatic rings. The molecule has 0 radical (unpaired) electrons. The fraction of sp³-hybridized carbons (Fsp3) is 0.391. The van der Waals surface area contributed by atoms with Crippen molar-refractivity contribution in [3.05, 3.63) is 53.6 Å². The van der Waals surface area contributed by atoms with E-state index in [9.17, 15) is 9.59 Å². The Kier molecular flexibility index (Phi) is 5.53. The van der Waals surface area contributed by atoms with Crippen LogP contribution in [0.4, 0.5) is 17.1 Å². The third-order valence-corrected chi connectivity index (χ3v) is 5.75. The molecule has 1 unspecified atom stereocenters. The van der Waals surface area contributed by atoms with Gasteiger partial charge >= 0.3 is 0 Å². The Morgan fingerprint density at radius 1 is 1.00 bits per heavy atom. The van der Waals surface area contributed by atoms with Gasteiger partial charge in [-0.25, -0.2) is 0 Å². The normalized spacial score (nSPS) is 19.5. The molecule has 0 spiro atoms. The van der Waals surface area contributed by atoms with Gasteiger partial charge in [0.1, 0.15) is 0 Å². The molecule has 0 aromatic heterocycles. The molecule has 152 valence electrons. The summed E-state index contributed by atoms with van der Waals surface area (Å²) in [6.07, 6.45) is 0.230. The minimum Gasteiger partial charge on any atom is -0.378 e. The fourth-order valence-corrected chi connectivity index (χ4v) is 4.12. The maximum Gasteiger partial charge on any atom is 0.229 e. The second kappa shape index (κ2) is 8.25. The van der Waals surface area contributed by atoms with Gasteiger partial charge in [-0.3, -0.25) is 9.59 Å². The first-order valence-electron chi connectivity index (χ1n) is 10.1. The monoisotopic (exact) mass is 393 g/mol. The predicted molar refractivity (Wildman–Crippen MR) is 114 cm³/mol. The van der Waals surface area contributed by atoms with Crippen LogP contribution in [0.2, 0.25) is 0 Å². The third kappa shape index (κ3) is 3.98. The van der Waals surface area contributed by atoms with E-state index in [0.29, 0.717) is 19.8 Å². The number of anilines is 3. The number of aryl methyl sites for hydroxylation is 2. The van der Waals surface area contributed by atoms with Crippen molar-refractivity contribution in [2.75, 3.05) is 48.0 Å². The molecule has 29 heavy (non-hydrogen) atoms. The molecule has 2 heterocycles. The third-order valence-electron chi connectivity index (χ3n) is 5.75. The SMILES string of the molecule is Cc1cccc(C)c1NC(=O)C1CC(=O)N(c2ccccc2N2CCOCC2)C1. The Balaban J connectivity index is 1.52. The van der Waals surface area contributed by atoms with Crippen LogP contribution in [0.25, 0.3) is 0 Å². The first-order valence-corrected chi connectivity index (χ1v) is 10.1. The van der Waals surface area contributed by atoms with Crippen LogP contribution < -0.4 is 15.1 Å². The van der Waals surface area contributed by atoms with Gasteiger partial charge in [-0.05, 0) is 37.1 Å². The summed E-state index contributed by atoms with van der Waals surface area (Å²) in [5.41, 5.74) is 4.80. The smallest absolute Gasteiger partial charge is 0.229 e. The van der Waals surface area contributed by atoms with Crippen LogP contribution in [-0.4, -0.2) is 44.7 Å². The van der Waals surface area contributed by atoms with Crippen molar-refractivity contribution in [3.63, 3.8) is 0 Å². The number of hydrogen-bond acceptors (Lipinski definition) is 4. The first-order chi connectivity index (χ1) is 14.0. The predicted octanol–water partition coefficient (Wildman–Crippen LogP) is 3.13. The molecule has 2 saturated heterocycles. The summed E-state index contributed by atoms with van der Waals surface area (Å²) < 4.78 is 5.46. The molecule has 2 amide bonds. The average molecular weight is 393 g/mol. The summed E-state index contributed by atoms with van der Waals surface area (Å²) >= 11 is 0. The number of nitrogens with one attached hydrogen (secondary N) is 1. The zero-order chi connectivity index (χ0) is 20.4. The van der Waals surface area contributed by atoms with E-state index in [2.05, 4.69) is 10.2 Å². The van der Waals surface area contributed by atoms with Crippen molar-refractivity contribution >= 4 is 28.9 Å². The lowest BCUT2D eigenvalue weighted by molar-refractivity contribution is -0.122. The van der Waals surface area contributed by atoms with Gasteiger partial charge < -0.3 is 19.9 Å². The lowest BCUT2D eigenvalue weighted by Gasteiger charge is -2.32. The zero-order valence-corrected chi connectivity index (χ0v) is 17.0. The van der Waals surface area contributed by atoms with Crippen LogP contribution in [0.1, 0.15) is 17.5 Å². The van der Waals surface area contributed by atoms with Crippen LogP contribution in [0.5, 0.6) is 0 Å². The van der Waals surface area contributed by atoms with E-state index < -0.39 is 0 Å². The highest BCUT2D eigenvalue weighted by Crippen LogP contribution is 2.34. The van der Waals surface area contributed by atoms with Crippen LogP contribution in [0, 0.1) is 19.8 Å². The van der Waals surface area contributed by atoms with Crippen molar-refractivity contribution < 1.29 is 14.3 Å². The number of rotatable bonds is 4. The summed E-state index contributed by atoms with van der Waals surface area (Å²) in [6.45, 7) is 7.33. The minimum atomic E-state index is -0.362. The molecule has 0 bridgehead atoms. The molecule has 1 atom stereocenters. The number of benzene rings is 2. The second-order valence-electron chi connectivity index (χ2n) is 7.75. The van der Waals surface area contributed by atoms with Crippen molar-refractivity contribution in [1.29, 1.82) is 0 Å². The summed E-state index contributed by atoms with van der Waals surface area (Å²) in [5, 5.41) is 3.05. The number of amides is 2. The maximum atomic E-state index is 12.9. The molecule has 2 aliphatic heterocycles. The van der Waals surface area contributed by atoms with E-state index >= 15 is 0 Å². The highest BCUT2D eigenvalue weighted by atomic mass is 16.5. The summed E-state index contributed by atoms with van der Waals surface area (Å²) in [4.78, 5) is 29.7. The molecular formula is C23H27N3O3. The average Bonchev–Trinajstić information content (AvgIpc) is 3.13. The van der Waals surface area contributed by atoms with E-state index in [1.165, 1.54) is 0 Å². The summed E-state index contributed by atoms with van der Waals surface area (Å²) in [5.74, 6) is -0.464. The van der Waals surface area contributed by atoms with Gasteiger partial charge in [0.25, 0.3) is 0 Å². The van der Waals surface area contributed by atoms with E-state index in [0.717, 1.165) is 41.3 Å². The molecule has 1 N–H and O–H groups in total. The van der Waals surface area contributed by atoms with Crippen LogP contribution in [0.15, 0.2) is 42.5 Å². The van der Waals surface area contributed by atoms with E-state index in [4.69, 9.17) is 4.74 Å². The topological polar surface area (TPSA) is 61.9 Å². The number of para-hydroxylation sites is 3. The maximum absolute atomic E-state index is 12.9. The number of ether oxygens (including phenoxy) is 1. The number of carbonyl (C=O) groups excluding carboxylic acids is 2. The van der Waals surface area contributed by atoms with Crippen molar-refractivity contribution in [2.45, 2.75) is 20.3 Å². The van der Waals surface area contributed by atoms with Gasteiger partial charge in [0.05, 0.1) is 30.5 Å². The quantitative estimate of drug-likeness (QED) is 0.867. The first kappa shape index (κ1) is 19.5. The van der Waals surface area contributed by atoms with Gasteiger partial charge in [-0.2, -0.15) is 0 Å². The Morgan fingerprint density at radius 2 is 1.66 bits per heavy atom. The highest BCUT2D eigenvalue weighted by molar-refractivity contribution is 6.05. The van der Waals surface area contributed by atoms with Gasteiger partial charge in [-0.15, -0.1) is 0 Å². The molecule has 6 nitrogen and oxygen atoms in total. The fourth-order valence-electron chi connectivity index (χ4n) is 4.12. The van der Waals surface area contributed by atoms with Crippen LogP contribution in [0.3, 0.4) is 0 Å². The molecule has 2 fully saturated rings. The number of nitrogens with zero attached hydrogens (tertiary/aromatic N) is 2. The minimum absolute atomic E-state index is 0.00707. The van der Waals surface area contributed by atoms with Crippen LogP contribution in [-0.2, 0) is 14.3 Å². The van der Waals surface area contributed by atoms with Gasteiger partial charge in [0.15, 0.2) is 0 Å². The molecular weight excluding hydrogens is 366 g/mol. The molecule has 4 rings (SSSR count). The van der Waals surface area contributed by atoms with Crippen LogP contribution >= 0.6 is 0 Å². The number of carbonyl (C=O) groups is 2.